The van der Waals surface area contributed by atoms with Crippen molar-refractivity contribution in [1.82, 2.24) is 10.2 Å². The number of rotatable bonds is 4. The number of amides is 2. The Labute approximate surface area is 110 Å². The van der Waals surface area contributed by atoms with Crippen LogP contribution >= 0.6 is 0 Å². The molecule has 1 aliphatic heterocycles. The molecule has 0 radical (unpaired) electrons. The van der Waals surface area contributed by atoms with Crippen LogP contribution in [0.5, 0.6) is 0 Å². The number of nitrogens with zero attached hydrogens (tertiary/aromatic N) is 1. The standard InChI is InChI=1S/C14H26N2O2/c1-6-11-13(18)16(8-7-12(17)15-11)9-14(4,5)10(2)3/h10-11H,6-9H2,1-5H3,(H,15,17). The van der Waals surface area contributed by atoms with E-state index in [4.69, 9.17) is 0 Å². The lowest BCUT2D eigenvalue weighted by atomic mass is 9.80. The lowest BCUT2D eigenvalue weighted by Gasteiger charge is -2.36. The minimum absolute atomic E-state index is 0.0138. The van der Waals surface area contributed by atoms with Gasteiger partial charge in [-0.2, -0.15) is 0 Å². The van der Waals surface area contributed by atoms with E-state index in [1.165, 1.54) is 0 Å². The van der Waals surface area contributed by atoms with E-state index in [9.17, 15) is 9.59 Å². The lowest BCUT2D eigenvalue weighted by Crippen LogP contribution is -2.47. The number of nitrogens with one attached hydrogen (secondary N) is 1. The Morgan fingerprint density at radius 3 is 2.50 bits per heavy atom. The Morgan fingerprint density at radius 2 is 2.00 bits per heavy atom. The quantitative estimate of drug-likeness (QED) is 0.831. The van der Waals surface area contributed by atoms with Gasteiger partial charge >= 0.3 is 0 Å². The molecule has 1 N–H and O–H groups in total. The number of hydrogen-bond acceptors (Lipinski definition) is 2. The summed E-state index contributed by atoms with van der Waals surface area (Å²) < 4.78 is 0. The normalized spacial score (nSPS) is 22.1. The first-order chi connectivity index (χ1) is 8.27. The third-order valence-corrected chi connectivity index (χ3v) is 4.12. The van der Waals surface area contributed by atoms with Gasteiger partial charge in [-0.05, 0) is 17.8 Å². The molecule has 0 aromatic heterocycles. The Balaban J connectivity index is 2.80. The van der Waals surface area contributed by atoms with Crippen molar-refractivity contribution in [2.24, 2.45) is 11.3 Å². The average Bonchev–Trinajstić information content (AvgIpc) is 2.41. The van der Waals surface area contributed by atoms with Gasteiger partial charge in [-0.1, -0.05) is 34.6 Å². The Kier molecular flexibility index (Phi) is 4.77. The zero-order chi connectivity index (χ0) is 13.9. The first-order valence-electron chi connectivity index (χ1n) is 6.86. The molecular weight excluding hydrogens is 228 g/mol. The summed E-state index contributed by atoms with van der Waals surface area (Å²) in [6, 6.07) is -0.344. The summed E-state index contributed by atoms with van der Waals surface area (Å²) in [6.45, 7) is 11.9. The highest BCUT2D eigenvalue weighted by molar-refractivity contribution is 5.89. The lowest BCUT2D eigenvalue weighted by molar-refractivity contribution is -0.135. The molecule has 104 valence electrons. The molecule has 0 saturated carbocycles. The molecule has 0 spiro atoms. The molecule has 0 aliphatic carbocycles. The SMILES string of the molecule is CCC1NC(=O)CCN(CC(C)(C)C(C)C)C1=O. The molecule has 4 heteroatoms. The molecule has 1 fully saturated rings. The smallest absolute Gasteiger partial charge is 0.245 e. The summed E-state index contributed by atoms with van der Waals surface area (Å²) in [6.07, 6.45) is 1.07. The molecule has 0 aromatic rings. The predicted octanol–water partition coefficient (Wildman–Crippen LogP) is 1.80. The van der Waals surface area contributed by atoms with Crippen molar-refractivity contribution in [3.63, 3.8) is 0 Å². The molecule has 0 aromatic carbocycles. The molecule has 2 amide bonds. The minimum atomic E-state index is -0.344. The first-order valence-corrected chi connectivity index (χ1v) is 6.86. The minimum Gasteiger partial charge on any atom is -0.344 e. The topological polar surface area (TPSA) is 49.4 Å². The third-order valence-electron chi connectivity index (χ3n) is 4.12. The van der Waals surface area contributed by atoms with Gasteiger partial charge in [0, 0.05) is 19.5 Å². The van der Waals surface area contributed by atoms with Crippen LogP contribution in [0.3, 0.4) is 0 Å². The van der Waals surface area contributed by atoms with Gasteiger partial charge < -0.3 is 10.2 Å². The van der Waals surface area contributed by atoms with E-state index in [-0.39, 0.29) is 23.3 Å². The zero-order valence-electron chi connectivity index (χ0n) is 12.2. The average molecular weight is 254 g/mol. The fourth-order valence-electron chi connectivity index (χ4n) is 2.00. The van der Waals surface area contributed by atoms with Crippen molar-refractivity contribution in [1.29, 1.82) is 0 Å². The van der Waals surface area contributed by atoms with Gasteiger partial charge in [-0.15, -0.1) is 0 Å². The highest BCUT2D eigenvalue weighted by Gasteiger charge is 2.33. The number of hydrogen-bond donors (Lipinski definition) is 1. The van der Waals surface area contributed by atoms with Gasteiger partial charge in [-0.25, -0.2) is 0 Å². The van der Waals surface area contributed by atoms with Gasteiger partial charge in [0.05, 0.1) is 0 Å². The van der Waals surface area contributed by atoms with Crippen molar-refractivity contribution < 1.29 is 9.59 Å². The van der Waals surface area contributed by atoms with Gasteiger partial charge in [0.25, 0.3) is 0 Å². The maximum atomic E-state index is 12.3. The van der Waals surface area contributed by atoms with Crippen LogP contribution in [0.4, 0.5) is 0 Å². The summed E-state index contributed by atoms with van der Waals surface area (Å²) in [7, 11) is 0. The molecule has 1 unspecified atom stereocenters. The third kappa shape index (κ3) is 3.47. The molecule has 1 aliphatic rings. The molecule has 4 nitrogen and oxygen atoms in total. The maximum Gasteiger partial charge on any atom is 0.245 e. The second-order valence-electron chi connectivity index (χ2n) is 6.18. The summed E-state index contributed by atoms with van der Waals surface area (Å²) in [5.41, 5.74) is 0.0708. The van der Waals surface area contributed by atoms with Crippen LogP contribution in [0.25, 0.3) is 0 Å². The van der Waals surface area contributed by atoms with Crippen LogP contribution < -0.4 is 5.32 Å². The molecule has 1 atom stereocenters. The summed E-state index contributed by atoms with van der Waals surface area (Å²) in [4.78, 5) is 25.7. The summed E-state index contributed by atoms with van der Waals surface area (Å²) >= 11 is 0. The maximum absolute atomic E-state index is 12.3. The van der Waals surface area contributed by atoms with E-state index in [0.717, 1.165) is 6.54 Å². The molecular formula is C14H26N2O2. The van der Waals surface area contributed by atoms with Crippen LogP contribution in [0.1, 0.15) is 47.5 Å². The predicted molar refractivity (Wildman–Crippen MR) is 72.0 cm³/mol. The molecule has 1 heterocycles. The summed E-state index contributed by atoms with van der Waals surface area (Å²) in [5, 5.41) is 2.79. The van der Waals surface area contributed by atoms with Gasteiger partial charge in [0.2, 0.25) is 11.8 Å². The Bertz CT molecular complexity index is 324. The second-order valence-corrected chi connectivity index (χ2v) is 6.18. The highest BCUT2D eigenvalue weighted by atomic mass is 16.2. The van der Waals surface area contributed by atoms with Crippen LogP contribution in [-0.4, -0.2) is 35.8 Å². The van der Waals surface area contributed by atoms with E-state index in [1.54, 1.807) is 0 Å². The van der Waals surface area contributed by atoms with E-state index >= 15 is 0 Å². The van der Waals surface area contributed by atoms with E-state index in [2.05, 4.69) is 33.0 Å². The largest absolute Gasteiger partial charge is 0.344 e. The number of carbonyl (C=O) groups is 2. The fraction of sp³-hybridized carbons (Fsp3) is 0.857. The fourth-order valence-corrected chi connectivity index (χ4v) is 2.00. The van der Waals surface area contributed by atoms with Crippen molar-refractivity contribution >= 4 is 11.8 Å². The Hall–Kier alpha value is -1.06. The van der Waals surface area contributed by atoms with Crippen molar-refractivity contribution in [3.8, 4) is 0 Å². The van der Waals surface area contributed by atoms with Gasteiger partial charge in [0.1, 0.15) is 6.04 Å². The summed E-state index contributed by atoms with van der Waals surface area (Å²) in [5.74, 6) is 0.550. The molecule has 1 rings (SSSR count). The van der Waals surface area contributed by atoms with Crippen molar-refractivity contribution in [2.75, 3.05) is 13.1 Å². The molecule has 0 bridgehead atoms. The monoisotopic (exact) mass is 254 g/mol. The second kappa shape index (κ2) is 5.72. The van der Waals surface area contributed by atoms with Gasteiger partial charge in [0.15, 0.2) is 0 Å². The highest BCUT2D eigenvalue weighted by Crippen LogP contribution is 2.28. The van der Waals surface area contributed by atoms with Gasteiger partial charge in [-0.3, -0.25) is 9.59 Å². The van der Waals surface area contributed by atoms with E-state index in [1.807, 2.05) is 11.8 Å². The van der Waals surface area contributed by atoms with E-state index in [0.29, 0.717) is 25.3 Å². The van der Waals surface area contributed by atoms with Crippen LogP contribution in [0.15, 0.2) is 0 Å². The van der Waals surface area contributed by atoms with Crippen molar-refractivity contribution in [2.45, 2.75) is 53.5 Å². The first kappa shape index (κ1) is 15.0. The zero-order valence-corrected chi connectivity index (χ0v) is 12.2. The molecule has 18 heavy (non-hydrogen) atoms. The molecule has 1 saturated heterocycles. The number of carbonyl (C=O) groups excluding carboxylic acids is 2. The van der Waals surface area contributed by atoms with E-state index < -0.39 is 0 Å². The van der Waals surface area contributed by atoms with Crippen LogP contribution in [0.2, 0.25) is 0 Å². The van der Waals surface area contributed by atoms with Crippen molar-refractivity contribution in [3.05, 3.63) is 0 Å². The van der Waals surface area contributed by atoms with Crippen LogP contribution in [-0.2, 0) is 9.59 Å². The Morgan fingerprint density at radius 1 is 1.39 bits per heavy atom. The van der Waals surface area contributed by atoms with Crippen LogP contribution in [0, 0.1) is 11.3 Å².